The van der Waals surface area contributed by atoms with E-state index in [1.807, 2.05) is 0 Å². The normalized spacial score (nSPS) is 10.6. The van der Waals surface area contributed by atoms with Crippen LogP contribution >= 0.6 is 11.6 Å². The van der Waals surface area contributed by atoms with Crippen LogP contribution in [0.5, 0.6) is 0 Å². The lowest BCUT2D eigenvalue weighted by molar-refractivity contribution is -0.385. The highest BCUT2D eigenvalue weighted by molar-refractivity contribution is 6.31. The maximum Gasteiger partial charge on any atom is 0.275 e. The zero-order valence-electron chi connectivity index (χ0n) is 9.88. The van der Waals surface area contributed by atoms with Gasteiger partial charge in [0.25, 0.3) is 5.69 Å². The Labute approximate surface area is 113 Å². The van der Waals surface area contributed by atoms with Crippen molar-refractivity contribution in [3.63, 3.8) is 0 Å². The maximum absolute atomic E-state index is 10.9. The number of nitrogens with one attached hydrogen (secondary N) is 1. The monoisotopic (exact) mass is 282 g/mol. The number of nitro benzene ring substituents is 1. The quantitative estimate of drug-likeness (QED) is 0.494. The predicted molar refractivity (Wildman–Crippen MR) is 67.8 cm³/mol. The number of aromatic nitrogens is 2. The highest BCUT2D eigenvalue weighted by Gasteiger charge is 2.15. The minimum atomic E-state index is -0.444. The minimum Gasteiger partial charge on any atom is -0.340 e. The fraction of sp³-hybridized carbons (Fsp3) is 0.273. The smallest absolute Gasteiger partial charge is 0.275 e. The van der Waals surface area contributed by atoms with Crippen LogP contribution in [0.2, 0.25) is 5.02 Å². The molecule has 0 saturated heterocycles. The van der Waals surface area contributed by atoms with Crippen LogP contribution in [0.4, 0.5) is 5.69 Å². The van der Waals surface area contributed by atoms with Crippen molar-refractivity contribution < 1.29 is 9.45 Å². The summed E-state index contributed by atoms with van der Waals surface area (Å²) in [5.41, 5.74) is 0.484. The Hall–Kier alpha value is -1.99. The maximum atomic E-state index is 10.9. The molecule has 1 aromatic heterocycles. The predicted octanol–water partition coefficient (Wildman–Crippen LogP) is 1.96. The summed E-state index contributed by atoms with van der Waals surface area (Å²) in [5.74, 6) is 0.515. The molecule has 7 nitrogen and oxygen atoms in total. The van der Waals surface area contributed by atoms with E-state index in [1.54, 1.807) is 12.1 Å². The molecule has 19 heavy (non-hydrogen) atoms. The van der Waals surface area contributed by atoms with Gasteiger partial charge in [0.05, 0.1) is 15.5 Å². The molecular formula is C11H11ClN4O3. The Morgan fingerprint density at radius 1 is 1.47 bits per heavy atom. The van der Waals surface area contributed by atoms with Crippen molar-refractivity contribution in [1.29, 1.82) is 0 Å². The van der Waals surface area contributed by atoms with E-state index in [9.17, 15) is 10.1 Å². The van der Waals surface area contributed by atoms with E-state index in [2.05, 4.69) is 15.5 Å². The van der Waals surface area contributed by atoms with Crippen LogP contribution in [-0.2, 0) is 13.0 Å². The zero-order valence-corrected chi connectivity index (χ0v) is 10.6. The molecule has 0 atom stereocenters. The van der Waals surface area contributed by atoms with Gasteiger partial charge >= 0.3 is 0 Å². The standard InChI is InChI=1S/C11H11ClN4O3/c12-9-2-1-3-10(16(17)18)8(9)6-13-5-4-11-14-7-15-19-11/h1-3,7,13H,4-6H2. The van der Waals surface area contributed by atoms with Gasteiger partial charge in [0, 0.05) is 25.6 Å². The van der Waals surface area contributed by atoms with Gasteiger partial charge in [0.15, 0.2) is 6.33 Å². The molecule has 1 N–H and O–H groups in total. The molecule has 0 spiro atoms. The van der Waals surface area contributed by atoms with Crippen molar-refractivity contribution in [3.05, 3.63) is 51.1 Å². The molecule has 1 heterocycles. The Kier molecular flexibility index (Phi) is 4.43. The molecule has 8 heteroatoms. The molecule has 0 saturated carbocycles. The summed E-state index contributed by atoms with van der Waals surface area (Å²) < 4.78 is 4.84. The zero-order chi connectivity index (χ0) is 13.7. The van der Waals surface area contributed by atoms with Crippen LogP contribution in [0.3, 0.4) is 0 Å². The molecule has 0 aliphatic carbocycles. The lowest BCUT2D eigenvalue weighted by Crippen LogP contribution is -2.18. The number of nitro groups is 1. The summed E-state index contributed by atoms with van der Waals surface area (Å²) in [6.45, 7) is 0.870. The van der Waals surface area contributed by atoms with Gasteiger partial charge < -0.3 is 9.84 Å². The summed E-state index contributed by atoms with van der Waals surface area (Å²) in [4.78, 5) is 14.3. The van der Waals surface area contributed by atoms with Gasteiger partial charge in [-0.05, 0) is 6.07 Å². The Bertz CT molecular complexity index is 559. The van der Waals surface area contributed by atoms with Gasteiger partial charge in [-0.25, -0.2) is 0 Å². The molecule has 0 unspecified atom stereocenters. The first-order chi connectivity index (χ1) is 9.18. The third-order valence-electron chi connectivity index (χ3n) is 2.52. The van der Waals surface area contributed by atoms with Gasteiger partial charge in [-0.3, -0.25) is 10.1 Å². The number of hydrogen-bond donors (Lipinski definition) is 1. The number of rotatable bonds is 6. The van der Waals surface area contributed by atoms with Gasteiger partial charge in [0.1, 0.15) is 0 Å². The van der Waals surface area contributed by atoms with Crippen LogP contribution in [0.25, 0.3) is 0 Å². The van der Waals surface area contributed by atoms with Gasteiger partial charge in [0.2, 0.25) is 5.89 Å². The summed E-state index contributed by atoms with van der Waals surface area (Å²) in [5, 5.41) is 17.8. The Morgan fingerprint density at radius 2 is 2.32 bits per heavy atom. The number of nitrogens with zero attached hydrogens (tertiary/aromatic N) is 3. The van der Waals surface area contributed by atoms with E-state index < -0.39 is 4.92 Å². The second-order valence-corrected chi connectivity index (χ2v) is 4.16. The first kappa shape index (κ1) is 13.4. The summed E-state index contributed by atoms with van der Waals surface area (Å²) in [7, 11) is 0. The first-order valence-electron chi connectivity index (χ1n) is 5.56. The lowest BCUT2D eigenvalue weighted by Gasteiger charge is -2.06. The molecule has 0 aliphatic heterocycles. The second-order valence-electron chi connectivity index (χ2n) is 3.76. The molecular weight excluding hydrogens is 272 g/mol. The number of benzene rings is 1. The van der Waals surface area contributed by atoms with E-state index >= 15 is 0 Å². The van der Waals surface area contributed by atoms with Crippen molar-refractivity contribution in [2.24, 2.45) is 0 Å². The van der Waals surface area contributed by atoms with Crippen molar-refractivity contribution >= 4 is 17.3 Å². The molecule has 100 valence electrons. The van der Waals surface area contributed by atoms with Gasteiger partial charge in [-0.1, -0.05) is 22.8 Å². The first-order valence-corrected chi connectivity index (χ1v) is 5.94. The van der Waals surface area contributed by atoms with Crippen molar-refractivity contribution in [2.75, 3.05) is 6.54 Å². The van der Waals surface area contributed by atoms with Crippen LogP contribution in [0.15, 0.2) is 29.0 Å². The molecule has 0 radical (unpaired) electrons. The fourth-order valence-electron chi connectivity index (χ4n) is 1.61. The molecule has 2 aromatic rings. The van der Waals surface area contributed by atoms with E-state index in [1.165, 1.54) is 12.4 Å². The van der Waals surface area contributed by atoms with Crippen LogP contribution in [0, 0.1) is 10.1 Å². The minimum absolute atomic E-state index is 0.0118. The van der Waals surface area contributed by atoms with Crippen molar-refractivity contribution in [2.45, 2.75) is 13.0 Å². The summed E-state index contributed by atoms with van der Waals surface area (Å²) >= 11 is 5.97. The highest BCUT2D eigenvalue weighted by Crippen LogP contribution is 2.25. The van der Waals surface area contributed by atoms with Crippen molar-refractivity contribution in [1.82, 2.24) is 15.5 Å². The van der Waals surface area contributed by atoms with E-state index in [-0.39, 0.29) is 5.69 Å². The number of hydrogen-bond acceptors (Lipinski definition) is 6. The number of halogens is 1. The lowest BCUT2D eigenvalue weighted by atomic mass is 10.2. The highest BCUT2D eigenvalue weighted by atomic mass is 35.5. The molecule has 0 bridgehead atoms. The topological polar surface area (TPSA) is 94.1 Å². The molecule has 1 aromatic carbocycles. The average molecular weight is 283 g/mol. The molecule has 0 amide bonds. The van der Waals surface area contributed by atoms with E-state index in [4.69, 9.17) is 16.1 Å². The van der Waals surface area contributed by atoms with Crippen LogP contribution in [-0.4, -0.2) is 21.6 Å². The largest absolute Gasteiger partial charge is 0.340 e. The molecule has 0 aliphatic rings. The van der Waals surface area contributed by atoms with Crippen LogP contribution in [0.1, 0.15) is 11.5 Å². The Balaban J connectivity index is 1.93. The van der Waals surface area contributed by atoms with Gasteiger partial charge in [-0.2, -0.15) is 4.98 Å². The third kappa shape index (κ3) is 3.49. The summed E-state index contributed by atoms with van der Waals surface area (Å²) in [6.07, 6.45) is 1.88. The fourth-order valence-corrected chi connectivity index (χ4v) is 1.84. The SMILES string of the molecule is O=[N+]([O-])c1cccc(Cl)c1CNCCc1ncno1. The Morgan fingerprint density at radius 3 is 3.00 bits per heavy atom. The van der Waals surface area contributed by atoms with Crippen LogP contribution < -0.4 is 5.32 Å². The van der Waals surface area contributed by atoms with Crippen molar-refractivity contribution in [3.8, 4) is 0 Å². The van der Waals surface area contributed by atoms with E-state index in [0.29, 0.717) is 36.0 Å². The van der Waals surface area contributed by atoms with E-state index in [0.717, 1.165) is 0 Å². The average Bonchev–Trinajstić information content (AvgIpc) is 2.88. The second kappa shape index (κ2) is 6.26. The molecule has 0 fully saturated rings. The third-order valence-corrected chi connectivity index (χ3v) is 2.87. The summed E-state index contributed by atoms with van der Waals surface area (Å²) in [6, 6.07) is 4.62. The van der Waals surface area contributed by atoms with Gasteiger partial charge in [-0.15, -0.1) is 0 Å². The molecule has 2 rings (SSSR count).